The van der Waals surface area contributed by atoms with Gasteiger partial charge in [-0.1, -0.05) is 211 Å². The SMILES string of the molecule is Cc1ccc(N(c2ccccc2)c2ccc3cc4c(cc3c2)C(c2ccccc2)(c2ccccc2)c2cc3c(cc2-4)-c2cc4ccc(N(c5ccccc5)c5ccc(C)cc5)cc4cc2C3(c2ccccc2)c2ccccc2)cc1. The van der Waals surface area contributed by atoms with Crippen molar-refractivity contribution in [1.82, 2.24) is 0 Å². The van der Waals surface area contributed by atoms with Crippen molar-refractivity contribution in [3.05, 3.63) is 359 Å². The third-order valence-corrected chi connectivity index (χ3v) is 17.2. The topological polar surface area (TPSA) is 6.48 Å². The second-order valence-electron chi connectivity index (χ2n) is 21.8. The van der Waals surface area contributed by atoms with Gasteiger partial charge in [-0.05, 0) is 205 Å². The minimum Gasteiger partial charge on any atom is -0.310 e. The molecule has 2 heteroatoms. The average molecular weight is 1020 g/mol. The van der Waals surface area contributed by atoms with Gasteiger partial charge in [0, 0.05) is 34.1 Å². The van der Waals surface area contributed by atoms with Crippen molar-refractivity contribution in [3.63, 3.8) is 0 Å². The Balaban J connectivity index is 1.01. The molecule has 0 aliphatic heterocycles. The van der Waals surface area contributed by atoms with Gasteiger partial charge >= 0.3 is 0 Å². The van der Waals surface area contributed by atoms with Crippen LogP contribution in [0.5, 0.6) is 0 Å². The molecule has 0 bridgehead atoms. The Labute approximate surface area is 468 Å². The molecule has 0 heterocycles. The molecule has 0 aromatic heterocycles. The van der Waals surface area contributed by atoms with Crippen molar-refractivity contribution in [2.75, 3.05) is 9.80 Å². The van der Waals surface area contributed by atoms with E-state index < -0.39 is 10.8 Å². The van der Waals surface area contributed by atoms with Crippen LogP contribution < -0.4 is 9.80 Å². The zero-order chi connectivity index (χ0) is 53.4. The molecule has 0 saturated heterocycles. The molecule has 13 aromatic rings. The lowest BCUT2D eigenvalue weighted by Crippen LogP contribution is -2.31. The third kappa shape index (κ3) is 7.33. The summed E-state index contributed by atoms with van der Waals surface area (Å²) in [6.07, 6.45) is 0. The van der Waals surface area contributed by atoms with Gasteiger partial charge in [-0.3, -0.25) is 0 Å². The van der Waals surface area contributed by atoms with Gasteiger partial charge < -0.3 is 9.80 Å². The molecule has 13 aromatic carbocycles. The lowest BCUT2D eigenvalue weighted by atomic mass is 9.64. The van der Waals surface area contributed by atoms with E-state index in [4.69, 9.17) is 0 Å². The summed E-state index contributed by atoms with van der Waals surface area (Å²) < 4.78 is 0. The zero-order valence-corrected chi connectivity index (χ0v) is 44.8. The first-order valence-electron chi connectivity index (χ1n) is 27.9. The maximum absolute atomic E-state index is 2.64. The average Bonchev–Trinajstić information content (AvgIpc) is 4.02. The summed E-state index contributed by atoms with van der Waals surface area (Å²) in [6.45, 7) is 4.30. The standard InChI is InChI=1S/C78H56N2/c1-53-33-39-65(40-34-53)79(63-29-17-7-18-30-63)67-43-37-55-47-69-71-51-72-70-48-56-38-44-68(80(64-31-19-8-20-32-64)66-41-35-54(2)36-42-66)46-58(56)50-74(70)78(61-25-13-5-14-26-61,62-27-15-6-16-28-62)76(72)52-75(71)77(59-21-9-3-10-22-59,60-23-11-4-12-24-60)73(69)49-57(55)45-67/h3-52H,1-2H3. The molecule has 0 atom stereocenters. The van der Waals surface area contributed by atoms with Gasteiger partial charge in [0.05, 0.1) is 10.8 Å². The number of rotatable bonds is 10. The summed E-state index contributed by atoms with van der Waals surface area (Å²) in [5.41, 5.74) is 23.0. The van der Waals surface area contributed by atoms with Crippen LogP contribution in [0, 0.1) is 13.8 Å². The zero-order valence-electron chi connectivity index (χ0n) is 44.8. The highest BCUT2D eigenvalue weighted by atomic mass is 15.1. The van der Waals surface area contributed by atoms with Crippen LogP contribution in [0.3, 0.4) is 0 Å². The molecule has 0 unspecified atom stereocenters. The highest BCUT2D eigenvalue weighted by Gasteiger charge is 2.52. The first-order valence-corrected chi connectivity index (χ1v) is 27.9. The molecule has 2 nitrogen and oxygen atoms in total. The minimum atomic E-state index is -0.674. The fraction of sp³-hybridized carbons (Fsp3) is 0.0513. The van der Waals surface area contributed by atoms with E-state index in [1.807, 2.05) is 0 Å². The van der Waals surface area contributed by atoms with E-state index in [1.165, 1.54) is 99.4 Å². The summed E-state index contributed by atoms with van der Waals surface area (Å²) >= 11 is 0. The van der Waals surface area contributed by atoms with Crippen LogP contribution in [0.25, 0.3) is 43.8 Å². The van der Waals surface area contributed by atoms with Gasteiger partial charge in [0.2, 0.25) is 0 Å². The fourth-order valence-corrected chi connectivity index (χ4v) is 13.6. The molecule has 0 radical (unpaired) electrons. The molecule has 378 valence electrons. The lowest BCUT2D eigenvalue weighted by Gasteiger charge is -2.37. The van der Waals surface area contributed by atoms with Gasteiger partial charge in [0.15, 0.2) is 0 Å². The van der Waals surface area contributed by atoms with Crippen LogP contribution in [-0.4, -0.2) is 0 Å². The Morgan fingerprint density at radius 3 is 0.825 bits per heavy atom. The summed E-state index contributed by atoms with van der Waals surface area (Å²) in [5.74, 6) is 0. The first-order chi connectivity index (χ1) is 39.5. The first kappa shape index (κ1) is 47.2. The molecule has 0 saturated carbocycles. The van der Waals surface area contributed by atoms with Crippen LogP contribution in [-0.2, 0) is 10.8 Å². The van der Waals surface area contributed by atoms with Crippen LogP contribution in [0.1, 0.15) is 55.6 Å². The number of aryl methyl sites for hydroxylation is 2. The van der Waals surface area contributed by atoms with Crippen LogP contribution in [0.2, 0.25) is 0 Å². The van der Waals surface area contributed by atoms with E-state index in [0.717, 1.165) is 34.1 Å². The van der Waals surface area contributed by atoms with E-state index in [0.29, 0.717) is 0 Å². The van der Waals surface area contributed by atoms with Crippen molar-refractivity contribution in [1.29, 1.82) is 0 Å². The van der Waals surface area contributed by atoms with Crippen LogP contribution in [0.4, 0.5) is 34.1 Å². The van der Waals surface area contributed by atoms with Crippen molar-refractivity contribution < 1.29 is 0 Å². The molecule has 2 aliphatic rings. The predicted octanol–water partition coefficient (Wildman–Crippen LogP) is 20.3. The molecule has 0 fully saturated rings. The Morgan fingerprint density at radius 2 is 0.487 bits per heavy atom. The summed E-state index contributed by atoms with van der Waals surface area (Å²) in [4.78, 5) is 4.76. The summed E-state index contributed by atoms with van der Waals surface area (Å²) in [5, 5.41) is 4.79. The maximum Gasteiger partial charge on any atom is 0.0713 e. The van der Waals surface area contributed by atoms with Crippen molar-refractivity contribution in [3.8, 4) is 22.3 Å². The van der Waals surface area contributed by atoms with E-state index in [2.05, 4.69) is 327 Å². The molecular formula is C78H56N2. The number of hydrogen-bond acceptors (Lipinski definition) is 2. The van der Waals surface area contributed by atoms with Gasteiger partial charge in [0.25, 0.3) is 0 Å². The minimum absolute atomic E-state index is 0.674. The number of para-hydroxylation sites is 2. The van der Waals surface area contributed by atoms with Crippen LogP contribution >= 0.6 is 0 Å². The van der Waals surface area contributed by atoms with E-state index in [9.17, 15) is 0 Å². The Hall–Kier alpha value is -10.0. The normalized spacial score (nSPS) is 13.3. The number of anilines is 6. The van der Waals surface area contributed by atoms with Crippen LogP contribution in [0.15, 0.2) is 303 Å². The Bertz CT molecular complexity index is 4080. The highest BCUT2D eigenvalue weighted by molar-refractivity contribution is 6.03. The van der Waals surface area contributed by atoms with Crippen molar-refractivity contribution in [2.24, 2.45) is 0 Å². The fourth-order valence-electron chi connectivity index (χ4n) is 13.6. The number of benzene rings is 13. The smallest absolute Gasteiger partial charge is 0.0713 e. The summed E-state index contributed by atoms with van der Waals surface area (Å²) in [6, 6.07) is 114. The summed E-state index contributed by atoms with van der Waals surface area (Å²) in [7, 11) is 0. The van der Waals surface area contributed by atoms with Gasteiger partial charge in [0.1, 0.15) is 0 Å². The predicted molar refractivity (Wildman–Crippen MR) is 335 cm³/mol. The molecule has 0 spiro atoms. The van der Waals surface area contributed by atoms with E-state index in [1.54, 1.807) is 0 Å². The van der Waals surface area contributed by atoms with E-state index >= 15 is 0 Å². The second-order valence-corrected chi connectivity index (χ2v) is 21.8. The molecule has 80 heavy (non-hydrogen) atoms. The number of hydrogen-bond donors (Lipinski definition) is 0. The lowest BCUT2D eigenvalue weighted by molar-refractivity contribution is 0.745. The van der Waals surface area contributed by atoms with E-state index in [-0.39, 0.29) is 0 Å². The quantitative estimate of drug-likeness (QED) is 0.135. The second kappa shape index (κ2) is 18.9. The third-order valence-electron chi connectivity index (χ3n) is 17.2. The van der Waals surface area contributed by atoms with Gasteiger partial charge in [-0.15, -0.1) is 0 Å². The molecule has 0 N–H and O–H groups in total. The monoisotopic (exact) mass is 1020 g/mol. The Morgan fingerprint density at radius 1 is 0.212 bits per heavy atom. The Kier molecular flexibility index (Phi) is 11.1. The number of fused-ring (bicyclic) bond motifs is 8. The largest absolute Gasteiger partial charge is 0.310 e. The van der Waals surface area contributed by atoms with Crippen molar-refractivity contribution in [2.45, 2.75) is 24.7 Å². The van der Waals surface area contributed by atoms with Gasteiger partial charge in [-0.2, -0.15) is 0 Å². The maximum atomic E-state index is 2.64. The molecular weight excluding hydrogens is 965 g/mol. The van der Waals surface area contributed by atoms with Crippen molar-refractivity contribution >= 4 is 55.7 Å². The molecule has 2 aliphatic carbocycles. The molecule has 15 rings (SSSR count). The molecule has 0 amide bonds. The number of nitrogens with zero attached hydrogens (tertiary/aromatic N) is 2. The van der Waals surface area contributed by atoms with Gasteiger partial charge in [-0.25, -0.2) is 0 Å². The highest BCUT2D eigenvalue weighted by Crippen LogP contribution is 2.63.